The average molecular weight is 289 g/mol. The molecule has 0 aliphatic carbocycles. The zero-order valence-corrected chi connectivity index (χ0v) is 11.6. The molecule has 0 saturated carbocycles. The highest BCUT2D eigenvalue weighted by Crippen LogP contribution is 2.22. The Labute approximate surface area is 104 Å². The summed E-state index contributed by atoms with van der Waals surface area (Å²) in [4.78, 5) is 3.97. The molecule has 2 rings (SSSR count). The predicted molar refractivity (Wildman–Crippen MR) is 69.4 cm³/mol. The van der Waals surface area contributed by atoms with E-state index in [1.807, 2.05) is 11.3 Å². The van der Waals surface area contributed by atoms with Gasteiger partial charge in [-0.3, -0.25) is 4.90 Å². The predicted octanol–water partition coefficient (Wildman–Crippen LogP) is 2.69. The van der Waals surface area contributed by atoms with Crippen molar-refractivity contribution in [2.75, 3.05) is 19.6 Å². The van der Waals surface area contributed by atoms with Crippen molar-refractivity contribution >= 4 is 27.3 Å². The molecule has 0 aromatic carbocycles. The van der Waals surface area contributed by atoms with E-state index in [4.69, 9.17) is 0 Å². The average Bonchev–Trinajstić information content (AvgIpc) is 2.49. The summed E-state index contributed by atoms with van der Waals surface area (Å²) in [5, 5.41) is 5.69. The first kappa shape index (κ1) is 11.6. The minimum atomic E-state index is 0.257. The van der Waals surface area contributed by atoms with Gasteiger partial charge in [0.1, 0.15) is 0 Å². The molecule has 0 atom stereocenters. The minimum absolute atomic E-state index is 0.257. The number of hydrogen-bond acceptors (Lipinski definition) is 3. The van der Waals surface area contributed by atoms with Crippen molar-refractivity contribution in [2.24, 2.45) is 0 Å². The third-order valence-corrected chi connectivity index (χ3v) is 4.33. The highest BCUT2D eigenvalue weighted by molar-refractivity contribution is 9.10. The van der Waals surface area contributed by atoms with E-state index in [9.17, 15) is 0 Å². The second-order valence-corrected chi connectivity index (χ2v) is 6.66. The fourth-order valence-corrected chi connectivity index (χ4v) is 3.53. The van der Waals surface area contributed by atoms with Crippen LogP contribution in [0.5, 0.6) is 0 Å². The number of rotatable bonds is 2. The molecule has 1 N–H and O–H groups in total. The fourth-order valence-electron chi connectivity index (χ4n) is 2.04. The molecule has 4 heteroatoms. The van der Waals surface area contributed by atoms with Gasteiger partial charge in [0.15, 0.2) is 0 Å². The van der Waals surface area contributed by atoms with E-state index in [0.29, 0.717) is 0 Å². The normalized spacial score (nSPS) is 21.8. The van der Waals surface area contributed by atoms with E-state index in [0.717, 1.165) is 26.2 Å². The van der Waals surface area contributed by atoms with E-state index in [-0.39, 0.29) is 5.54 Å². The van der Waals surface area contributed by atoms with Crippen LogP contribution in [0.4, 0.5) is 0 Å². The molecule has 1 saturated heterocycles. The second kappa shape index (κ2) is 4.53. The summed E-state index contributed by atoms with van der Waals surface area (Å²) in [6.45, 7) is 9.00. The number of nitrogens with one attached hydrogen (secondary N) is 1. The standard InChI is InChI=1S/C11H17BrN2S/c1-11(2)8-14(4-3-13-11)6-10-5-9(12)7-15-10/h5,7,13H,3-4,6,8H2,1-2H3. The summed E-state index contributed by atoms with van der Waals surface area (Å²) in [6.07, 6.45) is 0. The number of piperazine rings is 1. The Morgan fingerprint density at radius 1 is 1.60 bits per heavy atom. The minimum Gasteiger partial charge on any atom is -0.309 e. The molecular weight excluding hydrogens is 272 g/mol. The van der Waals surface area contributed by atoms with Gasteiger partial charge in [-0.2, -0.15) is 0 Å². The van der Waals surface area contributed by atoms with Gasteiger partial charge in [0.25, 0.3) is 0 Å². The summed E-state index contributed by atoms with van der Waals surface area (Å²) < 4.78 is 1.21. The van der Waals surface area contributed by atoms with Crippen LogP contribution >= 0.6 is 27.3 Å². The second-order valence-electron chi connectivity index (χ2n) is 4.75. The summed E-state index contributed by atoms with van der Waals surface area (Å²) in [6, 6.07) is 2.22. The molecule has 1 aromatic heterocycles. The first-order valence-corrected chi connectivity index (χ1v) is 6.93. The van der Waals surface area contributed by atoms with Crippen LogP contribution in [-0.2, 0) is 6.54 Å². The Balaban J connectivity index is 1.95. The Bertz CT molecular complexity index is 335. The van der Waals surface area contributed by atoms with Crippen LogP contribution in [0, 0.1) is 0 Å². The van der Waals surface area contributed by atoms with Crippen molar-refractivity contribution < 1.29 is 0 Å². The van der Waals surface area contributed by atoms with Crippen LogP contribution in [0.15, 0.2) is 15.9 Å². The van der Waals surface area contributed by atoms with Gasteiger partial charge >= 0.3 is 0 Å². The molecule has 2 heterocycles. The molecule has 0 amide bonds. The zero-order chi connectivity index (χ0) is 10.9. The molecule has 1 fully saturated rings. The van der Waals surface area contributed by atoms with E-state index in [1.165, 1.54) is 9.35 Å². The maximum atomic E-state index is 3.53. The van der Waals surface area contributed by atoms with Gasteiger partial charge in [-0.05, 0) is 35.8 Å². The van der Waals surface area contributed by atoms with Crippen molar-refractivity contribution in [1.82, 2.24) is 10.2 Å². The molecule has 1 aliphatic rings. The fraction of sp³-hybridized carbons (Fsp3) is 0.636. The molecule has 1 aliphatic heterocycles. The lowest BCUT2D eigenvalue weighted by Crippen LogP contribution is -2.56. The van der Waals surface area contributed by atoms with Crippen LogP contribution in [0.1, 0.15) is 18.7 Å². The van der Waals surface area contributed by atoms with Gasteiger partial charge in [0.2, 0.25) is 0 Å². The van der Waals surface area contributed by atoms with Crippen LogP contribution < -0.4 is 5.32 Å². The molecule has 0 radical (unpaired) electrons. The molecular formula is C11H17BrN2S. The largest absolute Gasteiger partial charge is 0.309 e. The molecule has 0 bridgehead atoms. The third-order valence-electron chi connectivity index (χ3n) is 2.65. The summed E-state index contributed by atoms with van der Waals surface area (Å²) >= 11 is 5.33. The van der Waals surface area contributed by atoms with Gasteiger partial charge < -0.3 is 5.32 Å². The summed E-state index contributed by atoms with van der Waals surface area (Å²) in [7, 11) is 0. The van der Waals surface area contributed by atoms with Crippen LogP contribution in [0.3, 0.4) is 0 Å². The smallest absolute Gasteiger partial charge is 0.0329 e. The van der Waals surface area contributed by atoms with Crippen molar-refractivity contribution in [2.45, 2.75) is 25.9 Å². The highest BCUT2D eigenvalue weighted by Gasteiger charge is 2.25. The highest BCUT2D eigenvalue weighted by atomic mass is 79.9. The summed E-state index contributed by atoms with van der Waals surface area (Å²) in [5.74, 6) is 0. The Kier molecular flexibility index (Phi) is 3.50. The number of thiophene rings is 1. The topological polar surface area (TPSA) is 15.3 Å². The Hall–Kier alpha value is 0.1000. The van der Waals surface area contributed by atoms with Crippen molar-refractivity contribution in [3.05, 3.63) is 20.8 Å². The van der Waals surface area contributed by atoms with Crippen LogP contribution in [-0.4, -0.2) is 30.1 Å². The van der Waals surface area contributed by atoms with Crippen LogP contribution in [0.25, 0.3) is 0 Å². The number of hydrogen-bond donors (Lipinski definition) is 1. The monoisotopic (exact) mass is 288 g/mol. The lowest BCUT2D eigenvalue weighted by Gasteiger charge is -2.38. The van der Waals surface area contributed by atoms with Crippen molar-refractivity contribution in [3.63, 3.8) is 0 Å². The quantitative estimate of drug-likeness (QED) is 0.900. The van der Waals surface area contributed by atoms with Crippen LogP contribution in [0.2, 0.25) is 0 Å². The molecule has 84 valence electrons. The lowest BCUT2D eigenvalue weighted by atomic mass is 10.0. The lowest BCUT2D eigenvalue weighted by molar-refractivity contribution is 0.149. The van der Waals surface area contributed by atoms with Gasteiger partial charge in [-0.25, -0.2) is 0 Å². The zero-order valence-electron chi connectivity index (χ0n) is 9.22. The van der Waals surface area contributed by atoms with E-state index < -0.39 is 0 Å². The maximum absolute atomic E-state index is 3.53. The summed E-state index contributed by atoms with van der Waals surface area (Å²) in [5.41, 5.74) is 0.257. The van der Waals surface area contributed by atoms with Gasteiger partial charge in [0.05, 0.1) is 0 Å². The van der Waals surface area contributed by atoms with Gasteiger partial charge in [-0.1, -0.05) is 0 Å². The van der Waals surface area contributed by atoms with Crippen molar-refractivity contribution in [1.29, 1.82) is 0 Å². The van der Waals surface area contributed by atoms with Crippen molar-refractivity contribution in [3.8, 4) is 0 Å². The number of nitrogens with zero attached hydrogens (tertiary/aromatic N) is 1. The molecule has 15 heavy (non-hydrogen) atoms. The Morgan fingerprint density at radius 3 is 3.00 bits per heavy atom. The van der Waals surface area contributed by atoms with E-state index in [2.05, 4.69) is 51.4 Å². The van der Waals surface area contributed by atoms with Gasteiger partial charge in [-0.15, -0.1) is 11.3 Å². The third kappa shape index (κ3) is 3.28. The van der Waals surface area contributed by atoms with E-state index in [1.54, 1.807) is 0 Å². The molecule has 0 unspecified atom stereocenters. The van der Waals surface area contributed by atoms with Gasteiger partial charge in [0, 0.05) is 46.4 Å². The maximum Gasteiger partial charge on any atom is 0.0329 e. The first-order valence-electron chi connectivity index (χ1n) is 5.25. The van der Waals surface area contributed by atoms with E-state index >= 15 is 0 Å². The molecule has 2 nitrogen and oxygen atoms in total. The molecule has 0 spiro atoms. The number of halogens is 1. The first-order chi connectivity index (χ1) is 7.05. The SMILES string of the molecule is CC1(C)CN(Cc2cc(Br)cs2)CCN1. The molecule has 1 aromatic rings. The Morgan fingerprint density at radius 2 is 2.40 bits per heavy atom.